The average Bonchev–Trinajstić information content (AvgIpc) is 1.99. The van der Waals surface area contributed by atoms with Gasteiger partial charge in [0.15, 0.2) is 0 Å². The molecule has 16 heavy (non-hydrogen) atoms. The summed E-state index contributed by atoms with van der Waals surface area (Å²) in [6, 6.07) is 0.203. The molecule has 0 heterocycles. The summed E-state index contributed by atoms with van der Waals surface area (Å²) in [7, 11) is 0. The van der Waals surface area contributed by atoms with Crippen molar-refractivity contribution >= 4 is 5.91 Å². The molecule has 0 bridgehead atoms. The average molecular weight is 228 g/mol. The maximum absolute atomic E-state index is 11.6. The molecule has 3 nitrogen and oxygen atoms in total. The van der Waals surface area contributed by atoms with Gasteiger partial charge in [0.05, 0.1) is 0 Å². The van der Waals surface area contributed by atoms with E-state index in [2.05, 4.69) is 59.1 Å². The highest BCUT2D eigenvalue weighted by molar-refractivity contribution is 5.76. The van der Waals surface area contributed by atoms with Crippen LogP contribution in [0.5, 0.6) is 0 Å². The molecular formula is C13H28N2O. The van der Waals surface area contributed by atoms with E-state index in [1.165, 1.54) is 0 Å². The van der Waals surface area contributed by atoms with Gasteiger partial charge in [0.25, 0.3) is 0 Å². The maximum Gasteiger partial charge on any atom is 0.221 e. The highest BCUT2D eigenvalue weighted by atomic mass is 16.1. The fourth-order valence-corrected chi connectivity index (χ4v) is 1.08. The third-order valence-corrected chi connectivity index (χ3v) is 2.68. The second-order valence-electron chi connectivity index (χ2n) is 6.58. The molecule has 0 aliphatic heterocycles. The maximum atomic E-state index is 11.6. The second kappa shape index (κ2) is 5.67. The van der Waals surface area contributed by atoms with Crippen LogP contribution in [0.4, 0.5) is 0 Å². The molecule has 0 saturated carbocycles. The molecule has 1 unspecified atom stereocenters. The van der Waals surface area contributed by atoms with Crippen LogP contribution in [0, 0.1) is 5.41 Å². The normalized spacial score (nSPS) is 14.7. The summed E-state index contributed by atoms with van der Waals surface area (Å²) >= 11 is 0. The van der Waals surface area contributed by atoms with E-state index in [4.69, 9.17) is 0 Å². The minimum absolute atomic E-state index is 0.0793. The molecule has 0 aliphatic rings. The number of hydrogen-bond acceptors (Lipinski definition) is 2. The highest BCUT2D eigenvalue weighted by Crippen LogP contribution is 2.18. The smallest absolute Gasteiger partial charge is 0.221 e. The Morgan fingerprint density at radius 1 is 1.12 bits per heavy atom. The Labute approximate surface area is 100 Å². The van der Waals surface area contributed by atoms with Crippen LogP contribution in [-0.2, 0) is 4.79 Å². The standard InChI is InChI=1S/C13H28N2O/c1-10(12(2,3)4)15-11(16)8-9-14-13(5,6)7/h10,14H,8-9H2,1-7H3,(H,15,16). The largest absolute Gasteiger partial charge is 0.353 e. The molecule has 0 aromatic rings. The Hall–Kier alpha value is -0.570. The fraction of sp³-hybridized carbons (Fsp3) is 0.923. The number of carbonyl (C=O) groups excluding carboxylic acids is 1. The molecule has 0 saturated heterocycles. The van der Waals surface area contributed by atoms with Crippen molar-refractivity contribution in [3.63, 3.8) is 0 Å². The van der Waals surface area contributed by atoms with Crippen LogP contribution in [0.15, 0.2) is 0 Å². The van der Waals surface area contributed by atoms with Crippen LogP contribution in [0.1, 0.15) is 54.9 Å². The summed E-state index contributed by atoms with van der Waals surface area (Å²) in [4.78, 5) is 11.6. The summed E-state index contributed by atoms with van der Waals surface area (Å²) < 4.78 is 0. The lowest BCUT2D eigenvalue weighted by atomic mass is 9.88. The van der Waals surface area contributed by atoms with Gasteiger partial charge < -0.3 is 10.6 Å². The number of amides is 1. The Bertz CT molecular complexity index is 223. The minimum atomic E-state index is 0.0793. The van der Waals surface area contributed by atoms with Gasteiger partial charge in [-0.25, -0.2) is 0 Å². The van der Waals surface area contributed by atoms with Gasteiger partial charge in [-0.1, -0.05) is 20.8 Å². The van der Waals surface area contributed by atoms with Crippen LogP contribution in [-0.4, -0.2) is 24.0 Å². The topological polar surface area (TPSA) is 41.1 Å². The van der Waals surface area contributed by atoms with Crippen molar-refractivity contribution in [2.24, 2.45) is 5.41 Å². The molecule has 3 heteroatoms. The van der Waals surface area contributed by atoms with Gasteiger partial charge in [0, 0.05) is 24.5 Å². The zero-order valence-electron chi connectivity index (χ0n) is 11.9. The molecule has 0 rings (SSSR count). The van der Waals surface area contributed by atoms with Crippen LogP contribution in [0.25, 0.3) is 0 Å². The Kier molecular flexibility index (Phi) is 5.47. The number of hydrogen-bond donors (Lipinski definition) is 2. The van der Waals surface area contributed by atoms with Gasteiger partial charge in [-0.15, -0.1) is 0 Å². The number of carbonyl (C=O) groups is 1. The van der Waals surface area contributed by atoms with Crippen molar-refractivity contribution < 1.29 is 4.79 Å². The predicted molar refractivity (Wildman–Crippen MR) is 69.4 cm³/mol. The van der Waals surface area contributed by atoms with Crippen molar-refractivity contribution in [2.45, 2.75) is 66.5 Å². The zero-order valence-corrected chi connectivity index (χ0v) is 11.9. The Morgan fingerprint density at radius 3 is 2.00 bits per heavy atom. The molecule has 2 N–H and O–H groups in total. The molecule has 0 aliphatic carbocycles. The van der Waals surface area contributed by atoms with Crippen LogP contribution >= 0.6 is 0 Å². The predicted octanol–water partition coefficient (Wildman–Crippen LogP) is 2.32. The first-order valence-electron chi connectivity index (χ1n) is 6.07. The van der Waals surface area contributed by atoms with Gasteiger partial charge in [0.2, 0.25) is 5.91 Å². The van der Waals surface area contributed by atoms with E-state index in [1.807, 2.05) is 0 Å². The van der Waals surface area contributed by atoms with E-state index >= 15 is 0 Å². The van der Waals surface area contributed by atoms with Gasteiger partial charge in [0.1, 0.15) is 0 Å². The molecule has 0 spiro atoms. The summed E-state index contributed by atoms with van der Waals surface area (Å²) in [5, 5.41) is 6.33. The second-order valence-corrected chi connectivity index (χ2v) is 6.58. The number of rotatable bonds is 4. The lowest BCUT2D eigenvalue weighted by Gasteiger charge is -2.28. The van der Waals surface area contributed by atoms with Gasteiger partial charge in [-0.3, -0.25) is 4.79 Å². The first kappa shape index (κ1) is 15.4. The van der Waals surface area contributed by atoms with Crippen LogP contribution in [0.3, 0.4) is 0 Å². The minimum Gasteiger partial charge on any atom is -0.353 e. The summed E-state index contributed by atoms with van der Waals surface area (Å²) in [5.41, 5.74) is 0.197. The van der Waals surface area contributed by atoms with Gasteiger partial charge in [-0.2, -0.15) is 0 Å². The molecule has 0 aromatic carbocycles. The van der Waals surface area contributed by atoms with Gasteiger partial charge in [-0.05, 0) is 33.1 Å². The van der Waals surface area contributed by atoms with E-state index in [0.717, 1.165) is 6.54 Å². The van der Waals surface area contributed by atoms with Crippen LogP contribution in [0.2, 0.25) is 0 Å². The number of nitrogens with one attached hydrogen (secondary N) is 2. The monoisotopic (exact) mass is 228 g/mol. The van der Waals surface area contributed by atoms with E-state index < -0.39 is 0 Å². The Morgan fingerprint density at radius 2 is 1.62 bits per heavy atom. The van der Waals surface area contributed by atoms with Gasteiger partial charge >= 0.3 is 0 Å². The van der Waals surface area contributed by atoms with E-state index in [9.17, 15) is 4.79 Å². The van der Waals surface area contributed by atoms with E-state index in [-0.39, 0.29) is 22.9 Å². The summed E-state index contributed by atoms with van der Waals surface area (Å²) in [5.74, 6) is 0.124. The highest BCUT2D eigenvalue weighted by Gasteiger charge is 2.21. The zero-order chi connectivity index (χ0) is 13.0. The van der Waals surface area contributed by atoms with E-state index in [0.29, 0.717) is 6.42 Å². The molecular weight excluding hydrogens is 200 g/mol. The molecule has 0 radical (unpaired) electrons. The quantitative estimate of drug-likeness (QED) is 0.775. The molecule has 0 fully saturated rings. The molecule has 1 amide bonds. The molecule has 96 valence electrons. The Balaban J connectivity index is 3.84. The SMILES string of the molecule is CC(NC(=O)CCNC(C)(C)C)C(C)(C)C. The summed E-state index contributed by atoms with van der Waals surface area (Å²) in [6.45, 7) is 15.5. The fourth-order valence-electron chi connectivity index (χ4n) is 1.08. The lowest BCUT2D eigenvalue weighted by molar-refractivity contribution is -0.122. The van der Waals surface area contributed by atoms with Crippen molar-refractivity contribution in [2.75, 3.05) is 6.54 Å². The molecule has 1 atom stereocenters. The lowest BCUT2D eigenvalue weighted by Crippen LogP contribution is -2.43. The first-order valence-corrected chi connectivity index (χ1v) is 6.07. The van der Waals surface area contributed by atoms with Crippen molar-refractivity contribution in [3.05, 3.63) is 0 Å². The van der Waals surface area contributed by atoms with Crippen molar-refractivity contribution in [1.29, 1.82) is 0 Å². The third-order valence-electron chi connectivity index (χ3n) is 2.68. The van der Waals surface area contributed by atoms with Crippen LogP contribution < -0.4 is 10.6 Å². The summed E-state index contributed by atoms with van der Waals surface area (Å²) in [6.07, 6.45) is 0.539. The van der Waals surface area contributed by atoms with E-state index in [1.54, 1.807) is 0 Å². The van der Waals surface area contributed by atoms with Crippen molar-refractivity contribution in [1.82, 2.24) is 10.6 Å². The third kappa shape index (κ3) is 7.69. The first-order chi connectivity index (χ1) is 7.02. The van der Waals surface area contributed by atoms with Crippen molar-refractivity contribution in [3.8, 4) is 0 Å². The molecule has 0 aromatic heterocycles.